The SMILES string of the molecule is [C-]#[N+]c1ccc2c(N3CCC(CO)C3)nnc(NCc3ccc(OC)c(C#N)c3)c2c1. The minimum atomic E-state index is 0.163. The van der Waals surface area contributed by atoms with Crippen LogP contribution in [0.3, 0.4) is 0 Å². The van der Waals surface area contributed by atoms with Gasteiger partial charge in [-0.15, -0.1) is 10.2 Å². The van der Waals surface area contributed by atoms with E-state index in [-0.39, 0.29) is 12.5 Å². The Hall–Kier alpha value is -3.88. The first-order valence-electron chi connectivity index (χ1n) is 10.0. The normalized spacial score (nSPS) is 15.5. The van der Waals surface area contributed by atoms with Gasteiger partial charge in [0, 0.05) is 42.9 Å². The Balaban J connectivity index is 1.66. The van der Waals surface area contributed by atoms with Gasteiger partial charge >= 0.3 is 0 Å². The molecule has 1 unspecified atom stereocenters. The number of anilines is 2. The first-order valence-corrected chi connectivity index (χ1v) is 10.0. The average molecular weight is 414 g/mol. The van der Waals surface area contributed by atoms with E-state index in [0.29, 0.717) is 29.4 Å². The zero-order valence-electron chi connectivity index (χ0n) is 17.2. The number of nitrogens with one attached hydrogen (secondary N) is 1. The highest BCUT2D eigenvalue weighted by Gasteiger charge is 2.25. The number of aromatic nitrogens is 2. The number of methoxy groups -OCH3 is 1. The number of aliphatic hydroxyl groups excluding tert-OH is 1. The Labute approximate surface area is 180 Å². The van der Waals surface area contributed by atoms with E-state index < -0.39 is 0 Å². The van der Waals surface area contributed by atoms with Crippen LogP contribution in [0.15, 0.2) is 36.4 Å². The summed E-state index contributed by atoms with van der Waals surface area (Å²) in [5.41, 5.74) is 1.90. The Kier molecular flexibility index (Phi) is 5.83. The second-order valence-electron chi connectivity index (χ2n) is 7.50. The molecule has 2 N–H and O–H groups in total. The third kappa shape index (κ3) is 4.07. The molecule has 156 valence electrons. The monoisotopic (exact) mass is 414 g/mol. The van der Waals surface area contributed by atoms with E-state index in [1.54, 1.807) is 18.2 Å². The molecule has 3 aromatic rings. The second-order valence-corrected chi connectivity index (χ2v) is 7.50. The lowest BCUT2D eigenvalue weighted by Gasteiger charge is -2.20. The van der Waals surface area contributed by atoms with Crippen molar-refractivity contribution in [2.24, 2.45) is 5.92 Å². The fourth-order valence-electron chi connectivity index (χ4n) is 3.87. The number of nitriles is 1. The van der Waals surface area contributed by atoms with Gasteiger partial charge in [0.25, 0.3) is 0 Å². The number of fused-ring (bicyclic) bond motifs is 1. The number of rotatable bonds is 6. The van der Waals surface area contributed by atoms with Gasteiger partial charge in [-0.3, -0.25) is 0 Å². The van der Waals surface area contributed by atoms with Crippen molar-refractivity contribution in [3.8, 4) is 11.8 Å². The number of hydrogen-bond acceptors (Lipinski definition) is 7. The number of hydrogen-bond donors (Lipinski definition) is 2. The van der Waals surface area contributed by atoms with E-state index in [2.05, 4.69) is 31.3 Å². The molecule has 0 amide bonds. The molecule has 0 spiro atoms. The standard InChI is InChI=1S/C23H22N6O2/c1-25-18-4-5-19-20(10-18)22(27-28-23(19)29-8-7-16(13-29)14-30)26-12-15-3-6-21(31-2)17(9-15)11-24/h3-6,9-10,16,30H,7-8,12-14H2,2H3,(H,26,27). The molecule has 0 aliphatic carbocycles. The number of nitrogens with zero attached hydrogens (tertiary/aromatic N) is 5. The quantitative estimate of drug-likeness (QED) is 0.596. The molecule has 4 rings (SSSR count). The van der Waals surface area contributed by atoms with E-state index in [4.69, 9.17) is 11.3 Å². The zero-order chi connectivity index (χ0) is 21.8. The molecule has 8 heteroatoms. The lowest BCUT2D eigenvalue weighted by molar-refractivity contribution is 0.238. The molecule has 1 fully saturated rings. The van der Waals surface area contributed by atoms with Crippen molar-refractivity contribution >= 4 is 28.1 Å². The van der Waals surface area contributed by atoms with Crippen molar-refractivity contribution in [1.29, 1.82) is 5.26 Å². The summed E-state index contributed by atoms with van der Waals surface area (Å²) >= 11 is 0. The molecule has 1 saturated heterocycles. The molecule has 0 bridgehead atoms. The van der Waals surface area contributed by atoms with E-state index in [9.17, 15) is 10.4 Å². The van der Waals surface area contributed by atoms with Gasteiger partial charge in [0.2, 0.25) is 0 Å². The molecular weight excluding hydrogens is 392 g/mol. The lowest BCUT2D eigenvalue weighted by Crippen LogP contribution is -2.22. The van der Waals surface area contributed by atoms with Gasteiger partial charge in [-0.05, 0) is 30.2 Å². The van der Waals surface area contributed by atoms with Crippen molar-refractivity contribution in [2.45, 2.75) is 13.0 Å². The van der Waals surface area contributed by atoms with Crippen molar-refractivity contribution in [2.75, 3.05) is 37.0 Å². The van der Waals surface area contributed by atoms with Crippen molar-refractivity contribution in [3.63, 3.8) is 0 Å². The summed E-state index contributed by atoms with van der Waals surface area (Å²) in [6, 6.07) is 13.1. The van der Waals surface area contributed by atoms with Crippen LogP contribution in [-0.4, -0.2) is 42.1 Å². The topological polar surface area (TPSA) is 98.7 Å². The van der Waals surface area contributed by atoms with Crippen molar-refractivity contribution < 1.29 is 9.84 Å². The molecule has 1 aromatic heterocycles. The highest BCUT2D eigenvalue weighted by Crippen LogP contribution is 2.34. The third-order valence-electron chi connectivity index (χ3n) is 5.56. The van der Waals surface area contributed by atoms with Crippen LogP contribution in [0.25, 0.3) is 15.6 Å². The molecule has 8 nitrogen and oxygen atoms in total. The van der Waals surface area contributed by atoms with E-state index >= 15 is 0 Å². The van der Waals surface area contributed by atoms with Crippen LogP contribution >= 0.6 is 0 Å². The van der Waals surface area contributed by atoms with E-state index in [0.717, 1.165) is 41.7 Å². The predicted molar refractivity (Wildman–Crippen MR) is 118 cm³/mol. The minimum Gasteiger partial charge on any atom is -0.495 e. The summed E-state index contributed by atoms with van der Waals surface area (Å²) in [5.74, 6) is 2.12. The second kappa shape index (κ2) is 8.86. The summed E-state index contributed by atoms with van der Waals surface area (Å²) in [7, 11) is 1.54. The smallest absolute Gasteiger partial charge is 0.188 e. The van der Waals surface area contributed by atoms with Gasteiger partial charge in [0.15, 0.2) is 17.3 Å². The summed E-state index contributed by atoms with van der Waals surface area (Å²) in [4.78, 5) is 5.69. The molecule has 2 aromatic carbocycles. The third-order valence-corrected chi connectivity index (χ3v) is 5.56. The Bertz CT molecular complexity index is 1200. The maximum atomic E-state index is 9.47. The highest BCUT2D eigenvalue weighted by atomic mass is 16.5. The predicted octanol–water partition coefficient (Wildman–Crippen LogP) is 3.49. The maximum absolute atomic E-state index is 9.47. The molecule has 1 aliphatic rings. The van der Waals surface area contributed by atoms with E-state index in [1.807, 2.05) is 18.2 Å². The average Bonchev–Trinajstić information content (AvgIpc) is 3.31. The van der Waals surface area contributed by atoms with Crippen LogP contribution in [-0.2, 0) is 6.54 Å². The molecule has 31 heavy (non-hydrogen) atoms. The van der Waals surface area contributed by atoms with Crippen LogP contribution in [0.4, 0.5) is 17.3 Å². The lowest BCUT2D eigenvalue weighted by atomic mass is 10.1. The largest absolute Gasteiger partial charge is 0.495 e. The van der Waals surface area contributed by atoms with Crippen molar-refractivity contribution in [1.82, 2.24) is 10.2 Å². The van der Waals surface area contributed by atoms with Gasteiger partial charge in [0.05, 0.1) is 19.2 Å². The van der Waals surface area contributed by atoms with Crippen LogP contribution in [0.5, 0.6) is 5.75 Å². The Morgan fingerprint density at radius 3 is 2.87 bits per heavy atom. The first-order chi connectivity index (χ1) is 15.2. The number of ether oxygens (including phenoxy) is 1. The van der Waals surface area contributed by atoms with Crippen LogP contribution in [0.2, 0.25) is 0 Å². The molecule has 2 heterocycles. The summed E-state index contributed by atoms with van der Waals surface area (Å²) in [6.45, 7) is 9.53. The zero-order valence-corrected chi connectivity index (χ0v) is 17.2. The Morgan fingerprint density at radius 1 is 1.29 bits per heavy atom. The van der Waals surface area contributed by atoms with Gasteiger partial charge in [0.1, 0.15) is 11.8 Å². The van der Waals surface area contributed by atoms with Gasteiger partial charge in [-0.2, -0.15) is 5.26 Å². The number of aliphatic hydroxyl groups is 1. The summed E-state index contributed by atoms with van der Waals surface area (Å²) < 4.78 is 5.20. The summed E-state index contributed by atoms with van der Waals surface area (Å²) in [6.07, 6.45) is 0.915. The molecule has 0 radical (unpaired) electrons. The molecule has 1 aliphatic heterocycles. The van der Waals surface area contributed by atoms with Crippen LogP contribution < -0.4 is 15.0 Å². The molecule has 1 atom stereocenters. The molecular formula is C23H22N6O2. The fourth-order valence-corrected chi connectivity index (χ4v) is 3.87. The van der Waals surface area contributed by atoms with E-state index in [1.165, 1.54) is 7.11 Å². The minimum absolute atomic E-state index is 0.163. The Morgan fingerprint density at radius 2 is 2.16 bits per heavy atom. The number of benzene rings is 2. The maximum Gasteiger partial charge on any atom is 0.188 e. The van der Waals surface area contributed by atoms with Gasteiger partial charge < -0.3 is 20.1 Å². The first kappa shape index (κ1) is 20.4. The van der Waals surface area contributed by atoms with Crippen molar-refractivity contribution in [3.05, 3.63) is 58.9 Å². The van der Waals surface area contributed by atoms with Gasteiger partial charge in [-0.1, -0.05) is 18.2 Å². The fraction of sp³-hybridized carbons (Fsp3) is 0.304. The van der Waals surface area contributed by atoms with Crippen LogP contribution in [0, 0.1) is 23.8 Å². The highest BCUT2D eigenvalue weighted by molar-refractivity contribution is 6.00. The summed E-state index contributed by atoms with van der Waals surface area (Å²) in [5, 5.41) is 32.7. The molecule has 0 saturated carbocycles. The van der Waals surface area contributed by atoms with Crippen LogP contribution in [0.1, 0.15) is 17.5 Å². The van der Waals surface area contributed by atoms with Gasteiger partial charge in [-0.25, -0.2) is 4.85 Å².